The van der Waals surface area contributed by atoms with Crippen molar-refractivity contribution in [3.05, 3.63) is 29.8 Å². The molecule has 6 heteroatoms. The van der Waals surface area contributed by atoms with Gasteiger partial charge in [0.2, 0.25) is 0 Å². The Morgan fingerprint density at radius 3 is 2.75 bits per heavy atom. The van der Waals surface area contributed by atoms with Gasteiger partial charge in [0.1, 0.15) is 6.42 Å². The Balaban J connectivity index is 1.89. The van der Waals surface area contributed by atoms with E-state index in [1.807, 2.05) is 24.3 Å². The first-order valence-electron chi connectivity index (χ1n) is 6.41. The Morgan fingerprint density at radius 1 is 1.40 bits per heavy atom. The average Bonchev–Trinajstić information content (AvgIpc) is 2.49. The van der Waals surface area contributed by atoms with Gasteiger partial charge in [-0.2, -0.15) is 10.4 Å². The van der Waals surface area contributed by atoms with Crippen molar-refractivity contribution in [3.8, 4) is 6.07 Å². The molecule has 1 aliphatic heterocycles. The molecule has 0 aromatic heterocycles. The first-order valence-corrected chi connectivity index (χ1v) is 6.41. The summed E-state index contributed by atoms with van der Waals surface area (Å²) in [6, 6.07) is 9.66. The number of carbonyl (C=O) groups excluding carboxylic acids is 1. The molecule has 0 radical (unpaired) electrons. The highest BCUT2D eigenvalue weighted by atomic mass is 16.5. The topological polar surface area (TPSA) is 77.7 Å². The van der Waals surface area contributed by atoms with Crippen LogP contribution in [0.15, 0.2) is 29.4 Å². The number of hydrazone groups is 1. The van der Waals surface area contributed by atoms with E-state index in [1.165, 1.54) is 0 Å². The van der Waals surface area contributed by atoms with Crippen molar-refractivity contribution in [1.29, 1.82) is 5.26 Å². The molecule has 1 N–H and O–H groups in total. The van der Waals surface area contributed by atoms with E-state index in [0.29, 0.717) is 0 Å². The van der Waals surface area contributed by atoms with E-state index in [-0.39, 0.29) is 6.42 Å². The highest BCUT2D eigenvalue weighted by Gasteiger charge is 2.10. The summed E-state index contributed by atoms with van der Waals surface area (Å²) in [5, 5.41) is 12.1. The third-order valence-corrected chi connectivity index (χ3v) is 2.91. The van der Waals surface area contributed by atoms with Gasteiger partial charge in [-0.05, 0) is 17.7 Å². The monoisotopic (exact) mass is 272 g/mol. The molecule has 0 atom stereocenters. The number of amides is 1. The van der Waals surface area contributed by atoms with E-state index < -0.39 is 5.91 Å². The molecule has 0 spiro atoms. The summed E-state index contributed by atoms with van der Waals surface area (Å²) in [5.74, 6) is -0.409. The second-order valence-corrected chi connectivity index (χ2v) is 4.32. The van der Waals surface area contributed by atoms with Gasteiger partial charge in [-0.1, -0.05) is 12.1 Å². The van der Waals surface area contributed by atoms with Crippen LogP contribution in [0, 0.1) is 11.3 Å². The fourth-order valence-corrected chi connectivity index (χ4v) is 1.88. The number of morpholine rings is 1. The van der Waals surface area contributed by atoms with E-state index in [9.17, 15) is 4.79 Å². The van der Waals surface area contributed by atoms with Crippen molar-refractivity contribution in [3.63, 3.8) is 0 Å². The lowest BCUT2D eigenvalue weighted by molar-refractivity contribution is -0.120. The Hall–Kier alpha value is -2.39. The first-order chi connectivity index (χ1) is 9.79. The van der Waals surface area contributed by atoms with Crippen molar-refractivity contribution in [2.45, 2.75) is 6.42 Å². The van der Waals surface area contributed by atoms with Crippen molar-refractivity contribution < 1.29 is 9.53 Å². The molecule has 0 bridgehead atoms. The summed E-state index contributed by atoms with van der Waals surface area (Å²) < 4.78 is 5.31. The van der Waals surface area contributed by atoms with E-state index in [1.54, 1.807) is 12.3 Å². The molecule has 1 saturated heterocycles. The number of anilines is 1. The minimum atomic E-state index is -0.409. The fraction of sp³-hybridized carbons (Fsp3) is 0.357. The molecular weight excluding hydrogens is 256 g/mol. The third-order valence-electron chi connectivity index (χ3n) is 2.91. The zero-order chi connectivity index (χ0) is 14.2. The van der Waals surface area contributed by atoms with Crippen LogP contribution < -0.4 is 10.3 Å². The summed E-state index contributed by atoms with van der Waals surface area (Å²) in [6.45, 7) is 3.32. The molecular formula is C14H16N4O2. The summed E-state index contributed by atoms with van der Waals surface area (Å²) in [5.41, 5.74) is 4.33. The summed E-state index contributed by atoms with van der Waals surface area (Å²) >= 11 is 0. The molecule has 1 heterocycles. The maximum Gasteiger partial charge on any atom is 0.254 e. The van der Waals surface area contributed by atoms with E-state index in [2.05, 4.69) is 15.4 Å². The SMILES string of the molecule is N#CCC(=O)N/N=C\c1ccc(N2CCOCC2)cc1. The quantitative estimate of drug-likeness (QED) is 0.652. The lowest BCUT2D eigenvalue weighted by Gasteiger charge is -2.28. The van der Waals surface area contributed by atoms with Gasteiger partial charge in [-0.25, -0.2) is 5.43 Å². The van der Waals surface area contributed by atoms with Crippen molar-refractivity contribution in [1.82, 2.24) is 5.43 Å². The van der Waals surface area contributed by atoms with Gasteiger partial charge >= 0.3 is 0 Å². The molecule has 1 aromatic carbocycles. The molecule has 20 heavy (non-hydrogen) atoms. The number of hydrogen-bond donors (Lipinski definition) is 1. The molecule has 1 aliphatic rings. The van der Waals surface area contributed by atoms with Gasteiger partial charge in [0, 0.05) is 18.8 Å². The maximum absolute atomic E-state index is 11.0. The molecule has 1 fully saturated rings. The van der Waals surface area contributed by atoms with Crippen LogP contribution in [-0.4, -0.2) is 38.4 Å². The minimum absolute atomic E-state index is 0.187. The van der Waals surface area contributed by atoms with E-state index in [4.69, 9.17) is 10.00 Å². The van der Waals surface area contributed by atoms with Crippen LogP contribution in [-0.2, 0) is 9.53 Å². The van der Waals surface area contributed by atoms with E-state index >= 15 is 0 Å². The van der Waals surface area contributed by atoms with Crippen LogP contribution in [0.25, 0.3) is 0 Å². The summed E-state index contributed by atoms with van der Waals surface area (Å²) in [4.78, 5) is 13.3. The number of nitrogens with zero attached hydrogens (tertiary/aromatic N) is 3. The van der Waals surface area contributed by atoms with Gasteiger partial charge in [0.05, 0.1) is 25.5 Å². The molecule has 2 rings (SSSR count). The van der Waals surface area contributed by atoms with Crippen LogP contribution in [0.1, 0.15) is 12.0 Å². The number of nitriles is 1. The molecule has 104 valence electrons. The normalized spacial score (nSPS) is 15.1. The molecule has 1 aromatic rings. The predicted octanol–water partition coefficient (Wildman–Crippen LogP) is 0.887. The fourth-order valence-electron chi connectivity index (χ4n) is 1.88. The van der Waals surface area contributed by atoms with Gasteiger partial charge in [0.15, 0.2) is 0 Å². The van der Waals surface area contributed by atoms with Crippen LogP contribution in [0.5, 0.6) is 0 Å². The zero-order valence-electron chi connectivity index (χ0n) is 11.1. The molecule has 0 aliphatic carbocycles. The zero-order valence-corrected chi connectivity index (χ0v) is 11.1. The van der Waals surface area contributed by atoms with Crippen molar-refractivity contribution in [2.24, 2.45) is 5.10 Å². The second kappa shape index (κ2) is 7.26. The number of ether oxygens (including phenoxy) is 1. The second-order valence-electron chi connectivity index (χ2n) is 4.32. The van der Waals surface area contributed by atoms with Gasteiger partial charge in [-0.3, -0.25) is 4.79 Å². The van der Waals surface area contributed by atoms with Crippen molar-refractivity contribution in [2.75, 3.05) is 31.2 Å². The Kier molecular flexibility index (Phi) is 5.09. The number of benzene rings is 1. The number of carbonyl (C=O) groups is 1. The lowest BCUT2D eigenvalue weighted by atomic mass is 10.2. The van der Waals surface area contributed by atoms with Gasteiger partial charge in [-0.15, -0.1) is 0 Å². The maximum atomic E-state index is 11.0. The minimum Gasteiger partial charge on any atom is -0.378 e. The molecule has 1 amide bonds. The highest BCUT2D eigenvalue weighted by molar-refractivity contribution is 5.83. The molecule has 6 nitrogen and oxygen atoms in total. The Labute approximate surface area is 117 Å². The van der Waals surface area contributed by atoms with Crippen LogP contribution >= 0.6 is 0 Å². The van der Waals surface area contributed by atoms with E-state index in [0.717, 1.165) is 37.6 Å². The largest absolute Gasteiger partial charge is 0.378 e. The average molecular weight is 272 g/mol. The van der Waals surface area contributed by atoms with Gasteiger partial charge < -0.3 is 9.64 Å². The number of hydrogen-bond acceptors (Lipinski definition) is 5. The molecule has 0 unspecified atom stereocenters. The molecule has 0 saturated carbocycles. The lowest BCUT2D eigenvalue weighted by Crippen LogP contribution is -2.36. The first kappa shape index (κ1) is 14.0. The predicted molar refractivity (Wildman–Crippen MR) is 75.4 cm³/mol. The van der Waals surface area contributed by atoms with Crippen LogP contribution in [0.2, 0.25) is 0 Å². The summed E-state index contributed by atoms with van der Waals surface area (Å²) in [7, 11) is 0. The van der Waals surface area contributed by atoms with Gasteiger partial charge in [0.25, 0.3) is 5.91 Å². The number of nitrogens with one attached hydrogen (secondary N) is 1. The van der Waals surface area contributed by atoms with Crippen LogP contribution in [0.4, 0.5) is 5.69 Å². The standard InChI is InChI=1S/C14H16N4O2/c15-6-5-14(19)17-16-11-12-1-3-13(4-2-12)18-7-9-20-10-8-18/h1-4,11H,5,7-10H2,(H,17,19)/b16-11-. The number of rotatable bonds is 4. The van der Waals surface area contributed by atoms with Crippen molar-refractivity contribution >= 4 is 17.8 Å². The highest BCUT2D eigenvalue weighted by Crippen LogP contribution is 2.15. The Bertz CT molecular complexity index is 513. The third kappa shape index (κ3) is 4.07. The Morgan fingerprint density at radius 2 is 2.10 bits per heavy atom. The van der Waals surface area contributed by atoms with Crippen LogP contribution in [0.3, 0.4) is 0 Å². The summed E-state index contributed by atoms with van der Waals surface area (Å²) in [6.07, 6.45) is 1.37. The smallest absolute Gasteiger partial charge is 0.254 e.